The van der Waals surface area contributed by atoms with Crippen molar-refractivity contribution in [1.82, 2.24) is 0 Å². The third-order valence-corrected chi connectivity index (χ3v) is 6.54. The lowest BCUT2D eigenvalue weighted by molar-refractivity contribution is -0.143. The number of para-hydroxylation sites is 1. The number of carbonyl (C=O) groups excluding carboxylic acids is 3. The molecule has 2 aromatic rings. The molecule has 0 fully saturated rings. The zero-order valence-electron chi connectivity index (χ0n) is 24.9. The summed E-state index contributed by atoms with van der Waals surface area (Å²) in [4.78, 5) is 34.6. The molecule has 0 saturated carbocycles. The van der Waals surface area contributed by atoms with Gasteiger partial charge in [0, 0.05) is 18.9 Å². The molecule has 2 rings (SSSR count). The summed E-state index contributed by atoms with van der Waals surface area (Å²) in [5.41, 5.74) is 2.71. The van der Waals surface area contributed by atoms with Crippen molar-refractivity contribution in [1.29, 1.82) is 0 Å². The van der Waals surface area contributed by atoms with Crippen LogP contribution in [0.4, 0.5) is 0 Å². The fourth-order valence-electron chi connectivity index (χ4n) is 4.41. The molecule has 0 N–H and O–H groups in total. The molecular formula is C34H46O7. The monoisotopic (exact) mass is 566 g/mol. The number of carbonyl (C=O) groups is 3. The third-order valence-electron chi connectivity index (χ3n) is 6.54. The fourth-order valence-corrected chi connectivity index (χ4v) is 4.41. The first-order valence-electron chi connectivity index (χ1n) is 14.9. The van der Waals surface area contributed by atoms with E-state index >= 15 is 0 Å². The molecule has 1 atom stereocenters. The number of rotatable bonds is 20. The van der Waals surface area contributed by atoms with E-state index < -0.39 is 0 Å². The molecule has 0 aliphatic heterocycles. The van der Waals surface area contributed by atoms with E-state index in [-0.39, 0.29) is 23.8 Å². The van der Waals surface area contributed by atoms with Crippen LogP contribution in [-0.4, -0.2) is 44.3 Å². The van der Waals surface area contributed by atoms with Gasteiger partial charge in [0.1, 0.15) is 5.75 Å². The molecule has 224 valence electrons. The standard InChI is InChI=1S/C34H46O7/c1-4-38-33(36)17-11-8-14-28(26-29-19-22-31(23-20-29)34(37)39-5-2)18-21-30-15-9-10-16-32(30)41-25-13-7-6-12-24-40-27(3)35/h9-10,15-16,18-23,28H,4-8,11-14,17,24-26H2,1-3H3/b21-18+. The van der Waals surface area contributed by atoms with E-state index in [4.69, 9.17) is 18.9 Å². The van der Waals surface area contributed by atoms with Gasteiger partial charge in [-0.15, -0.1) is 0 Å². The molecule has 2 aromatic carbocycles. The molecule has 0 heterocycles. The summed E-state index contributed by atoms with van der Waals surface area (Å²) in [7, 11) is 0. The summed E-state index contributed by atoms with van der Waals surface area (Å²) in [5, 5.41) is 0. The molecule has 41 heavy (non-hydrogen) atoms. The van der Waals surface area contributed by atoms with Crippen molar-refractivity contribution in [3.8, 4) is 5.75 Å². The van der Waals surface area contributed by atoms with E-state index in [1.807, 2.05) is 49.4 Å². The van der Waals surface area contributed by atoms with Gasteiger partial charge < -0.3 is 18.9 Å². The van der Waals surface area contributed by atoms with Crippen molar-refractivity contribution < 1.29 is 33.3 Å². The van der Waals surface area contributed by atoms with Crippen LogP contribution in [0.2, 0.25) is 0 Å². The number of unbranched alkanes of at least 4 members (excludes halogenated alkanes) is 4. The Morgan fingerprint density at radius 1 is 0.780 bits per heavy atom. The molecule has 0 aromatic heterocycles. The largest absolute Gasteiger partial charge is 0.493 e. The zero-order valence-corrected chi connectivity index (χ0v) is 24.9. The predicted molar refractivity (Wildman–Crippen MR) is 161 cm³/mol. The Kier molecular flexibility index (Phi) is 16.6. The number of esters is 3. The number of hydrogen-bond acceptors (Lipinski definition) is 7. The summed E-state index contributed by atoms with van der Waals surface area (Å²) in [5.74, 6) is 0.404. The summed E-state index contributed by atoms with van der Waals surface area (Å²) in [6.45, 7) is 6.91. The van der Waals surface area contributed by atoms with Crippen molar-refractivity contribution in [2.45, 2.75) is 78.6 Å². The molecule has 7 nitrogen and oxygen atoms in total. The maximum atomic E-state index is 12.0. The van der Waals surface area contributed by atoms with Crippen LogP contribution in [-0.2, 0) is 30.2 Å². The molecule has 1 unspecified atom stereocenters. The Morgan fingerprint density at radius 2 is 1.49 bits per heavy atom. The first kappa shape index (κ1) is 33.6. The van der Waals surface area contributed by atoms with E-state index in [0.717, 1.165) is 68.2 Å². The number of allylic oxidation sites excluding steroid dienone is 1. The van der Waals surface area contributed by atoms with Crippen molar-refractivity contribution in [2.75, 3.05) is 26.4 Å². The van der Waals surface area contributed by atoms with Gasteiger partial charge >= 0.3 is 17.9 Å². The SMILES string of the molecule is CCOC(=O)CCCCC(/C=C/c1ccccc1OCCCCCCOC(C)=O)Cc1ccc(C(=O)OCC)cc1. The number of benzene rings is 2. The molecule has 0 saturated heterocycles. The van der Waals surface area contributed by atoms with Gasteiger partial charge in [-0.1, -0.05) is 48.9 Å². The smallest absolute Gasteiger partial charge is 0.338 e. The van der Waals surface area contributed by atoms with Gasteiger partial charge in [-0.3, -0.25) is 9.59 Å². The minimum absolute atomic E-state index is 0.149. The highest BCUT2D eigenvalue weighted by Crippen LogP contribution is 2.24. The quantitative estimate of drug-likeness (QED) is 0.0940. The van der Waals surface area contributed by atoms with E-state index in [9.17, 15) is 14.4 Å². The Hall–Kier alpha value is -3.61. The summed E-state index contributed by atoms with van der Waals surface area (Å²) in [6, 6.07) is 15.6. The van der Waals surface area contributed by atoms with Gasteiger partial charge in [0.05, 0.1) is 32.0 Å². The van der Waals surface area contributed by atoms with Gasteiger partial charge in [-0.25, -0.2) is 4.79 Å². The lowest BCUT2D eigenvalue weighted by Crippen LogP contribution is -2.06. The Morgan fingerprint density at radius 3 is 2.20 bits per heavy atom. The molecule has 0 amide bonds. The van der Waals surface area contributed by atoms with Gasteiger partial charge in [0.2, 0.25) is 0 Å². The summed E-state index contributed by atoms with van der Waals surface area (Å²) < 4.78 is 21.2. The Labute approximate surface area is 245 Å². The topological polar surface area (TPSA) is 88.1 Å². The average Bonchev–Trinajstić information content (AvgIpc) is 2.96. The molecule has 0 radical (unpaired) electrons. The Bertz CT molecular complexity index is 1070. The van der Waals surface area contributed by atoms with Crippen molar-refractivity contribution in [2.24, 2.45) is 5.92 Å². The second-order valence-electron chi connectivity index (χ2n) is 9.93. The predicted octanol–water partition coefficient (Wildman–Crippen LogP) is 7.36. The van der Waals surface area contributed by atoms with Crippen molar-refractivity contribution in [3.05, 3.63) is 71.3 Å². The minimum Gasteiger partial charge on any atom is -0.493 e. The second-order valence-corrected chi connectivity index (χ2v) is 9.93. The van der Waals surface area contributed by atoms with Crippen LogP contribution >= 0.6 is 0 Å². The van der Waals surface area contributed by atoms with Crippen LogP contribution in [0.25, 0.3) is 6.08 Å². The van der Waals surface area contributed by atoms with E-state index in [2.05, 4.69) is 18.2 Å². The van der Waals surface area contributed by atoms with E-state index in [1.54, 1.807) is 6.92 Å². The number of hydrogen-bond donors (Lipinski definition) is 0. The highest BCUT2D eigenvalue weighted by Gasteiger charge is 2.11. The summed E-state index contributed by atoms with van der Waals surface area (Å²) >= 11 is 0. The van der Waals surface area contributed by atoms with Gasteiger partial charge in [0.15, 0.2) is 0 Å². The summed E-state index contributed by atoms with van der Waals surface area (Å²) in [6.07, 6.45) is 12.0. The van der Waals surface area contributed by atoms with Crippen LogP contribution in [0.3, 0.4) is 0 Å². The maximum absolute atomic E-state index is 12.0. The fraction of sp³-hybridized carbons (Fsp3) is 0.500. The number of ether oxygens (including phenoxy) is 4. The second kappa shape index (κ2) is 20.3. The van der Waals surface area contributed by atoms with Crippen molar-refractivity contribution >= 4 is 24.0 Å². The molecular weight excluding hydrogens is 520 g/mol. The normalized spacial score (nSPS) is 11.7. The van der Waals surface area contributed by atoms with Crippen molar-refractivity contribution in [3.63, 3.8) is 0 Å². The lowest BCUT2D eigenvalue weighted by atomic mass is 9.92. The zero-order chi connectivity index (χ0) is 29.7. The maximum Gasteiger partial charge on any atom is 0.338 e. The van der Waals surface area contributed by atoms with Gasteiger partial charge in [-0.05, 0) is 88.5 Å². The van der Waals surface area contributed by atoms with E-state index in [1.165, 1.54) is 6.92 Å². The van der Waals surface area contributed by atoms with Crippen LogP contribution < -0.4 is 4.74 Å². The highest BCUT2D eigenvalue weighted by atomic mass is 16.5. The van der Waals surface area contributed by atoms with Gasteiger partial charge in [-0.2, -0.15) is 0 Å². The average molecular weight is 567 g/mol. The first-order chi connectivity index (χ1) is 19.9. The van der Waals surface area contributed by atoms with E-state index in [0.29, 0.717) is 38.4 Å². The van der Waals surface area contributed by atoms with Crippen LogP contribution in [0.1, 0.15) is 93.6 Å². The molecule has 0 spiro atoms. The van der Waals surface area contributed by atoms with Crippen LogP contribution in [0.15, 0.2) is 54.6 Å². The lowest BCUT2D eigenvalue weighted by Gasteiger charge is -2.14. The van der Waals surface area contributed by atoms with Crippen LogP contribution in [0, 0.1) is 5.92 Å². The molecule has 0 aliphatic carbocycles. The molecule has 7 heteroatoms. The molecule has 0 bridgehead atoms. The first-order valence-corrected chi connectivity index (χ1v) is 14.9. The highest BCUT2D eigenvalue weighted by molar-refractivity contribution is 5.89. The minimum atomic E-state index is -0.312. The van der Waals surface area contributed by atoms with Gasteiger partial charge in [0.25, 0.3) is 0 Å². The van der Waals surface area contributed by atoms with Crippen LogP contribution in [0.5, 0.6) is 5.75 Å². The third kappa shape index (κ3) is 14.5. The Balaban J connectivity index is 1.98. The molecule has 0 aliphatic rings.